The molecule has 1 heterocycles. The van der Waals surface area contributed by atoms with Gasteiger partial charge in [0.1, 0.15) is 0 Å². The molecule has 0 atom stereocenters. The van der Waals surface area contributed by atoms with Crippen molar-refractivity contribution in [1.82, 2.24) is 5.64 Å². The van der Waals surface area contributed by atoms with E-state index >= 15 is 0 Å². The molecule has 40 valence electrons. The van der Waals surface area contributed by atoms with Gasteiger partial charge in [0.15, 0.2) is 0 Å². The molecule has 1 rings (SSSR count). The second kappa shape index (κ2) is 1.34. The first-order chi connectivity index (χ1) is 3.30. The normalized spacial score (nSPS) is 19.1. The molecule has 0 aromatic rings. The maximum Gasteiger partial charge on any atom is 0.371 e. The molecule has 0 bridgehead atoms. The molecular weight excluding hydrogens is 108 g/mol. The van der Waals surface area contributed by atoms with Crippen molar-refractivity contribution in [3.63, 3.8) is 0 Å². The zero-order valence-electron chi connectivity index (χ0n) is 3.07. The predicted molar refractivity (Wildman–Crippen MR) is 14.5 cm³/mol. The number of hydrogen-bond acceptors (Lipinski definition) is 3. The summed E-state index contributed by atoms with van der Waals surface area (Å²) in [5.41, 5.74) is 1.50. The van der Waals surface area contributed by atoms with Crippen LogP contribution in [0.2, 0.25) is 0 Å². The van der Waals surface area contributed by atoms with Crippen molar-refractivity contribution in [2.45, 2.75) is 0 Å². The number of halogens is 2. The van der Waals surface area contributed by atoms with Gasteiger partial charge in [-0.1, -0.05) is 0 Å². The molecule has 0 radical (unpaired) electrons. The third-order valence-corrected chi connectivity index (χ3v) is 0.417. The molecule has 0 unspecified atom stereocenters. The maximum absolute atomic E-state index is 11.4. The first-order valence-corrected chi connectivity index (χ1v) is 1.44. The molecule has 0 amide bonds. The highest BCUT2D eigenvalue weighted by molar-refractivity contribution is 4.83. The molecule has 5 heteroatoms. The quantitative estimate of drug-likeness (QED) is 0.491. The van der Waals surface area contributed by atoms with Gasteiger partial charge in [0.05, 0.1) is 0 Å². The monoisotopic (exact) mass is 109 g/mol. The summed E-state index contributed by atoms with van der Waals surface area (Å²) in [6.45, 7) is 0. The van der Waals surface area contributed by atoms with Crippen molar-refractivity contribution in [2.24, 2.45) is 0 Å². The lowest BCUT2D eigenvalue weighted by molar-refractivity contribution is -0.0868. The predicted octanol–water partition coefficient (Wildman–Crippen LogP) is 0.518. The Labute approximate surface area is 37.4 Å². The molecule has 1 aliphatic rings. The van der Waals surface area contributed by atoms with Crippen LogP contribution < -0.4 is 5.64 Å². The molecule has 0 aliphatic carbocycles. The van der Waals surface area contributed by atoms with Crippen molar-refractivity contribution in [3.8, 4) is 0 Å². The molecule has 0 aromatic carbocycles. The Bertz CT molecular complexity index is 100. The van der Waals surface area contributed by atoms with Gasteiger partial charge in [-0.2, -0.15) is 8.78 Å². The van der Waals surface area contributed by atoms with E-state index < -0.39 is 12.0 Å². The molecular formula is C2HF2NO2. The van der Waals surface area contributed by atoms with Crippen LogP contribution in [-0.2, 0) is 9.68 Å². The van der Waals surface area contributed by atoms with Crippen molar-refractivity contribution < 1.29 is 18.5 Å². The van der Waals surface area contributed by atoms with E-state index in [4.69, 9.17) is 0 Å². The van der Waals surface area contributed by atoms with Gasteiger partial charge >= 0.3 is 12.0 Å². The van der Waals surface area contributed by atoms with Gasteiger partial charge in [0, 0.05) is 5.64 Å². The lowest BCUT2D eigenvalue weighted by Crippen LogP contribution is -2.01. The molecule has 1 N–H and O–H groups in total. The molecule has 0 spiro atoms. The van der Waals surface area contributed by atoms with Crippen LogP contribution in [0.15, 0.2) is 12.0 Å². The zero-order chi connectivity index (χ0) is 5.28. The van der Waals surface area contributed by atoms with E-state index in [9.17, 15) is 8.78 Å². The second-order valence-corrected chi connectivity index (χ2v) is 0.835. The van der Waals surface area contributed by atoms with E-state index in [1.165, 1.54) is 5.64 Å². The molecule has 0 aromatic heterocycles. The highest BCUT2D eigenvalue weighted by Crippen LogP contribution is 2.13. The van der Waals surface area contributed by atoms with Crippen LogP contribution in [0, 0.1) is 0 Å². The van der Waals surface area contributed by atoms with Gasteiger partial charge in [0.2, 0.25) is 0 Å². The fourth-order valence-electron chi connectivity index (χ4n) is 0.174. The number of rotatable bonds is 0. The van der Waals surface area contributed by atoms with Crippen LogP contribution in [-0.4, -0.2) is 0 Å². The van der Waals surface area contributed by atoms with E-state index in [0.29, 0.717) is 0 Å². The first-order valence-electron chi connectivity index (χ1n) is 1.44. The minimum absolute atomic E-state index is 1.38. The molecule has 7 heavy (non-hydrogen) atoms. The minimum Gasteiger partial charge on any atom is -0.336 e. The highest BCUT2D eigenvalue weighted by Gasteiger charge is 2.16. The topological polar surface area (TPSA) is 30.5 Å². The van der Waals surface area contributed by atoms with E-state index in [1.54, 1.807) is 0 Å². The minimum atomic E-state index is -1.38. The summed E-state index contributed by atoms with van der Waals surface area (Å²) in [6.07, 6.45) is 0. The highest BCUT2D eigenvalue weighted by atomic mass is 19.2. The fourth-order valence-corrected chi connectivity index (χ4v) is 0.174. The summed E-state index contributed by atoms with van der Waals surface area (Å²) < 4.78 is 22.8. The fraction of sp³-hybridized carbons (Fsp3) is 0. The second-order valence-electron chi connectivity index (χ2n) is 0.835. The third kappa shape index (κ3) is 0.614. The van der Waals surface area contributed by atoms with Crippen LogP contribution in [0.4, 0.5) is 8.78 Å². The molecule has 3 nitrogen and oxygen atoms in total. The van der Waals surface area contributed by atoms with Gasteiger partial charge in [0.25, 0.3) is 0 Å². The number of hydrogen-bond donors (Lipinski definition) is 1. The van der Waals surface area contributed by atoms with Crippen LogP contribution >= 0.6 is 0 Å². The Hall–Kier alpha value is -0.840. The molecule has 0 saturated carbocycles. The van der Waals surface area contributed by atoms with Crippen LogP contribution in [0.25, 0.3) is 0 Å². The summed E-state index contributed by atoms with van der Waals surface area (Å²) >= 11 is 0. The van der Waals surface area contributed by atoms with Crippen LogP contribution in [0.3, 0.4) is 0 Å². The van der Waals surface area contributed by atoms with E-state index in [0.717, 1.165) is 0 Å². The van der Waals surface area contributed by atoms with E-state index in [2.05, 4.69) is 9.68 Å². The lowest BCUT2D eigenvalue weighted by atomic mass is 11.0. The van der Waals surface area contributed by atoms with E-state index in [1.807, 2.05) is 0 Å². The third-order valence-electron chi connectivity index (χ3n) is 0.417. The standard InChI is InChI=1S/C2HF2NO2/c3-1-2(4)7-5-6-1/h5H. The largest absolute Gasteiger partial charge is 0.371 e. The van der Waals surface area contributed by atoms with Crippen LogP contribution in [0.1, 0.15) is 0 Å². The average Bonchev–Trinajstić information content (AvgIpc) is 1.91. The van der Waals surface area contributed by atoms with Gasteiger partial charge in [-0.05, 0) is 0 Å². The Morgan fingerprint density at radius 1 is 1.14 bits per heavy atom. The molecule has 0 fully saturated rings. The summed E-state index contributed by atoms with van der Waals surface area (Å²) in [7, 11) is 0. The first kappa shape index (κ1) is 4.32. The summed E-state index contributed by atoms with van der Waals surface area (Å²) in [4.78, 5) is 7.26. The smallest absolute Gasteiger partial charge is 0.336 e. The van der Waals surface area contributed by atoms with Crippen molar-refractivity contribution >= 4 is 0 Å². The number of nitrogens with one attached hydrogen (secondary N) is 1. The van der Waals surface area contributed by atoms with Gasteiger partial charge in [-0.3, -0.25) is 0 Å². The van der Waals surface area contributed by atoms with Gasteiger partial charge < -0.3 is 9.68 Å². The van der Waals surface area contributed by atoms with Crippen molar-refractivity contribution in [3.05, 3.63) is 12.0 Å². The summed E-state index contributed by atoms with van der Waals surface area (Å²) in [6, 6.07) is -2.75. The lowest BCUT2D eigenvalue weighted by Gasteiger charge is -1.84. The summed E-state index contributed by atoms with van der Waals surface area (Å²) in [5.74, 6) is 0. The zero-order valence-corrected chi connectivity index (χ0v) is 3.07. The maximum atomic E-state index is 11.4. The van der Waals surface area contributed by atoms with E-state index in [-0.39, 0.29) is 0 Å². The Morgan fingerprint density at radius 2 is 1.57 bits per heavy atom. The van der Waals surface area contributed by atoms with Gasteiger partial charge in [-0.25, -0.2) is 0 Å². The Balaban J connectivity index is 2.64. The van der Waals surface area contributed by atoms with Crippen molar-refractivity contribution in [2.75, 3.05) is 0 Å². The van der Waals surface area contributed by atoms with Crippen molar-refractivity contribution in [1.29, 1.82) is 0 Å². The van der Waals surface area contributed by atoms with Gasteiger partial charge in [-0.15, -0.1) is 0 Å². The SMILES string of the molecule is FC1=C(F)ONO1. The van der Waals surface area contributed by atoms with Crippen LogP contribution in [0.5, 0.6) is 0 Å². The molecule has 1 aliphatic heterocycles. The molecule has 0 saturated heterocycles. The Morgan fingerprint density at radius 3 is 1.71 bits per heavy atom. The summed E-state index contributed by atoms with van der Waals surface area (Å²) in [5, 5.41) is 0. The average molecular weight is 109 g/mol. The Kier molecular flexibility index (Phi) is 0.828.